The molecule has 1 rings (SSSR count). The van der Waals surface area contributed by atoms with E-state index in [2.05, 4.69) is 10.3 Å². The van der Waals surface area contributed by atoms with Crippen LogP contribution in [0.4, 0.5) is 4.39 Å². The second kappa shape index (κ2) is 5.37. The van der Waals surface area contributed by atoms with Crippen molar-refractivity contribution in [3.05, 3.63) is 29.8 Å². The molecule has 0 aliphatic rings. The van der Waals surface area contributed by atoms with Crippen LogP contribution in [0.15, 0.2) is 18.5 Å². The summed E-state index contributed by atoms with van der Waals surface area (Å²) in [4.78, 5) is 3.81. The third kappa shape index (κ3) is 3.25. The molecule has 2 N–H and O–H groups in total. The fourth-order valence-corrected chi connectivity index (χ4v) is 1.53. The molecule has 0 spiro atoms. The first kappa shape index (κ1) is 13.1. The van der Waals surface area contributed by atoms with E-state index in [0.29, 0.717) is 0 Å². The largest absolute Gasteiger partial charge is 0.394 e. The van der Waals surface area contributed by atoms with Gasteiger partial charge in [-0.1, -0.05) is 6.92 Å². The molecule has 0 bridgehead atoms. The molecule has 1 aromatic rings. The molecule has 2 unspecified atom stereocenters. The Labute approximate surface area is 95.7 Å². The van der Waals surface area contributed by atoms with Gasteiger partial charge in [0.1, 0.15) is 5.82 Å². The number of hydrogen-bond donors (Lipinski definition) is 2. The zero-order valence-corrected chi connectivity index (χ0v) is 10.00. The number of hydrogen-bond acceptors (Lipinski definition) is 3. The van der Waals surface area contributed by atoms with Gasteiger partial charge in [-0.2, -0.15) is 0 Å². The average molecular weight is 226 g/mol. The van der Waals surface area contributed by atoms with Gasteiger partial charge in [0, 0.05) is 17.8 Å². The van der Waals surface area contributed by atoms with E-state index < -0.39 is 0 Å². The minimum absolute atomic E-state index is 0.0414. The van der Waals surface area contributed by atoms with Crippen LogP contribution in [-0.4, -0.2) is 22.2 Å². The van der Waals surface area contributed by atoms with Crippen molar-refractivity contribution in [3.63, 3.8) is 0 Å². The number of pyridine rings is 1. The topological polar surface area (TPSA) is 45.1 Å². The standard InChI is InChI=1S/C12H19FN2O/c1-4-12(3,8-16)15-9(2)10-5-11(13)7-14-6-10/h5-7,9,15-16H,4,8H2,1-3H3. The van der Waals surface area contributed by atoms with Crippen LogP contribution in [0.3, 0.4) is 0 Å². The van der Waals surface area contributed by atoms with Gasteiger partial charge in [0.05, 0.1) is 12.8 Å². The molecule has 0 aliphatic heterocycles. The van der Waals surface area contributed by atoms with E-state index in [1.165, 1.54) is 12.3 Å². The van der Waals surface area contributed by atoms with Crippen molar-refractivity contribution in [2.75, 3.05) is 6.61 Å². The van der Waals surface area contributed by atoms with Crippen molar-refractivity contribution in [2.45, 2.75) is 38.8 Å². The Morgan fingerprint density at radius 2 is 2.25 bits per heavy atom. The zero-order valence-electron chi connectivity index (χ0n) is 10.00. The van der Waals surface area contributed by atoms with Gasteiger partial charge in [0.15, 0.2) is 0 Å². The fraction of sp³-hybridized carbons (Fsp3) is 0.583. The summed E-state index contributed by atoms with van der Waals surface area (Å²) in [5.74, 6) is -0.339. The van der Waals surface area contributed by atoms with Crippen LogP contribution in [0.2, 0.25) is 0 Å². The smallest absolute Gasteiger partial charge is 0.141 e. The van der Waals surface area contributed by atoms with E-state index in [-0.39, 0.29) is 24.0 Å². The van der Waals surface area contributed by atoms with Gasteiger partial charge in [-0.25, -0.2) is 4.39 Å². The van der Waals surface area contributed by atoms with Gasteiger partial charge in [-0.3, -0.25) is 4.98 Å². The molecule has 0 saturated heterocycles. The lowest BCUT2D eigenvalue weighted by atomic mass is 9.97. The van der Waals surface area contributed by atoms with Crippen molar-refractivity contribution >= 4 is 0 Å². The van der Waals surface area contributed by atoms with Crippen LogP contribution in [0.25, 0.3) is 0 Å². The van der Waals surface area contributed by atoms with Crippen molar-refractivity contribution in [1.82, 2.24) is 10.3 Å². The van der Waals surface area contributed by atoms with E-state index in [4.69, 9.17) is 0 Å². The zero-order chi connectivity index (χ0) is 12.2. The van der Waals surface area contributed by atoms with Gasteiger partial charge < -0.3 is 10.4 Å². The first-order chi connectivity index (χ1) is 7.50. The third-order valence-corrected chi connectivity index (χ3v) is 2.92. The highest BCUT2D eigenvalue weighted by Gasteiger charge is 2.23. The first-order valence-electron chi connectivity index (χ1n) is 5.50. The van der Waals surface area contributed by atoms with Crippen LogP contribution in [-0.2, 0) is 0 Å². The summed E-state index contributed by atoms with van der Waals surface area (Å²) in [6, 6.07) is 1.42. The Bertz CT molecular complexity index is 340. The number of aliphatic hydroxyl groups excluding tert-OH is 1. The van der Waals surface area contributed by atoms with Crippen molar-refractivity contribution in [1.29, 1.82) is 0 Å². The summed E-state index contributed by atoms with van der Waals surface area (Å²) in [7, 11) is 0. The second-order valence-electron chi connectivity index (χ2n) is 4.37. The molecule has 3 nitrogen and oxygen atoms in total. The molecule has 0 saturated carbocycles. The fourth-order valence-electron chi connectivity index (χ4n) is 1.53. The van der Waals surface area contributed by atoms with Gasteiger partial charge in [0.25, 0.3) is 0 Å². The number of nitrogens with zero attached hydrogens (tertiary/aromatic N) is 1. The van der Waals surface area contributed by atoms with Crippen LogP contribution in [0.1, 0.15) is 38.8 Å². The summed E-state index contributed by atoms with van der Waals surface area (Å²) in [6.45, 7) is 5.92. The summed E-state index contributed by atoms with van der Waals surface area (Å²) in [5, 5.41) is 12.6. The van der Waals surface area contributed by atoms with Crippen LogP contribution >= 0.6 is 0 Å². The molecule has 90 valence electrons. The molecular formula is C12H19FN2O. The molecule has 4 heteroatoms. The highest BCUT2D eigenvalue weighted by molar-refractivity contribution is 5.15. The van der Waals surface area contributed by atoms with E-state index in [9.17, 15) is 9.50 Å². The molecule has 0 aromatic carbocycles. The molecule has 1 heterocycles. The van der Waals surface area contributed by atoms with E-state index in [1.54, 1.807) is 6.20 Å². The Balaban J connectivity index is 2.75. The Morgan fingerprint density at radius 1 is 1.56 bits per heavy atom. The molecule has 0 amide bonds. The molecule has 0 radical (unpaired) electrons. The predicted molar refractivity (Wildman–Crippen MR) is 61.5 cm³/mol. The van der Waals surface area contributed by atoms with Crippen molar-refractivity contribution in [3.8, 4) is 0 Å². The Morgan fingerprint density at radius 3 is 2.75 bits per heavy atom. The summed E-state index contributed by atoms with van der Waals surface area (Å²) in [5.41, 5.74) is 0.444. The lowest BCUT2D eigenvalue weighted by Crippen LogP contribution is -2.46. The first-order valence-corrected chi connectivity index (χ1v) is 5.50. The highest BCUT2D eigenvalue weighted by Crippen LogP contribution is 2.18. The normalized spacial score (nSPS) is 16.8. The van der Waals surface area contributed by atoms with E-state index >= 15 is 0 Å². The maximum atomic E-state index is 13.0. The lowest BCUT2D eigenvalue weighted by Gasteiger charge is -2.31. The van der Waals surface area contributed by atoms with Crippen molar-refractivity contribution in [2.24, 2.45) is 0 Å². The quantitative estimate of drug-likeness (QED) is 0.807. The average Bonchev–Trinajstić information content (AvgIpc) is 2.29. The second-order valence-corrected chi connectivity index (χ2v) is 4.37. The highest BCUT2D eigenvalue weighted by atomic mass is 19.1. The summed E-state index contributed by atoms with van der Waals surface area (Å²) >= 11 is 0. The third-order valence-electron chi connectivity index (χ3n) is 2.92. The van der Waals surface area contributed by atoms with Gasteiger partial charge in [-0.05, 0) is 31.9 Å². The maximum Gasteiger partial charge on any atom is 0.141 e. The number of rotatable bonds is 5. The number of aromatic nitrogens is 1. The number of nitrogens with one attached hydrogen (secondary N) is 1. The van der Waals surface area contributed by atoms with Crippen molar-refractivity contribution < 1.29 is 9.50 Å². The van der Waals surface area contributed by atoms with E-state index in [0.717, 1.165) is 12.0 Å². The molecule has 1 aromatic heterocycles. The summed E-state index contributed by atoms with van der Waals surface area (Å²) < 4.78 is 13.0. The monoisotopic (exact) mass is 226 g/mol. The Hall–Kier alpha value is -1.00. The Kier molecular flexibility index (Phi) is 4.38. The van der Waals surface area contributed by atoms with E-state index in [1.807, 2.05) is 20.8 Å². The lowest BCUT2D eigenvalue weighted by molar-refractivity contribution is 0.159. The van der Waals surface area contributed by atoms with Gasteiger partial charge in [-0.15, -0.1) is 0 Å². The minimum Gasteiger partial charge on any atom is -0.394 e. The minimum atomic E-state index is -0.342. The molecule has 2 atom stereocenters. The van der Waals surface area contributed by atoms with Gasteiger partial charge >= 0.3 is 0 Å². The van der Waals surface area contributed by atoms with Gasteiger partial charge in [0.2, 0.25) is 0 Å². The van der Waals surface area contributed by atoms with Crippen LogP contribution < -0.4 is 5.32 Å². The SMILES string of the molecule is CCC(C)(CO)NC(C)c1cncc(F)c1. The molecule has 0 aliphatic carbocycles. The molecule has 0 fully saturated rings. The van der Waals surface area contributed by atoms with Crippen LogP contribution in [0, 0.1) is 5.82 Å². The van der Waals surface area contributed by atoms with Crippen LogP contribution in [0.5, 0.6) is 0 Å². The maximum absolute atomic E-state index is 13.0. The number of halogens is 1. The predicted octanol–water partition coefficient (Wildman–Crippen LogP) is 2.03. The molecular weight excluding hydrogens is 207 g/mol. The number of aliphatic hydroxyl groups is 1. The molecule has 16 heavy (non-hydrogen) atoms. The summed E-state index contributed by atoms with van der Waals surface area (Å²) in [6.07, 6.45) is 3.62.